The molecule has 0 spiro atoms. The highest BCUT2D eigenvalue weighted by molar-refractivity contribution is 6.63. The molecular weight excluding hydrogens is 363 g/mol. The number of anilines is 2. The van der Waals surface area contributed by atoms with Gasteiger partial charge < -0.3 is 24.8 Å². The lowest BCUT2D eigenvalue weighted by Gasteiger charge is -2.34. The van der Waals surface area contributed by atoms with Crippen LogP contribution in [0.4, 0.5) is 11.5 Å². The van der Waals surface area contributed by atoms with Crippen LogP contribution >= 0.6 is 0 Å². The fourth-order valence-electron chi connectivity index (χ4n) is 3.74. The summed E-state index contributed by atoms with van der Waals surface area (Å²) in [5.74, 6) is 0.446. The van der Waals surface area contributed by atoms with Gasteiger partial charge in [0.1, 0.15) is 5.82 Å². The number of benzene rings is 1. The molecule has 0 amide bonds. The van der Waals surface area contributed by atoms with Crippen molar-refractivity contribution in [3.63, 3.8) is 0 Å². The van der Waals surface area contributed by atoms with Gasteiger partial charge in [-0.3, -0.25) is 0 Å². The Balaban J connectivity index is 1.56. The molecule has 2 N–H and O–H groups in total. The standard InChI is InChI=1S/C22H31BN4O2/c1-21(2)22(3,4)29-23(28-21)19-14-17(15-25-20(19)24)16-6-8-18(9-7-16)27-12-10-26(5)11-13-27/h6-9,14-15H,10-13H2,1-5H3,(H2,24,25). The lowest BCUT2D eigenvalue weighted by atomic mass is 9.78. The number of piperazine rings is 1. The quantitative estimate of drug-likeness (QED) is 0.807. The van der Waals surface area contributed by atoms with Crippen LogP contribution in [0.2, 0.25) is 0 Å². The number of nitrogens with zero attached hydrogens (tertiary/aromatic N) is 3. The number of rotatable bonds is 3. The van der Waals surface area contributed by atoms with Gasteiger partial charge in [0.05, 0.1) is 11.2 Å². The zero-order chi connectivity index (χ0) is 20.8. The molecule has 1 aromatic carbocycles. The Hall–Kier alpha value is -2.09. The second-order valence-electron chi connectivity index (χ2n) is 9.12. The van der Waals surface area contributed by atoms with E-state index in [1.807, 2.05) is 40.0 Å². The van der Waals surface area contributed by atoms with Crippen molar-refractivity contribution in [3.8, 4) is 11.1 Å². The summed E-state index contributed by atoms with van der Waals surface area (Å²) in [6, 6.07) is 10.7. The van der Waals surface area contributed by atoms with Crippen molar-refractivity contribution in [2.75, 3.05) is 43.9 Å². The van der Waals surface area contributed by atoms with Crippen molar-refractivity contribution in [2.45, 2.75) is 38.9 Å². The summed E-state index contributed by atoms with van der Waals surface area (Å²) < 4.78 is 12.4. The van der Waals surface area contributed by atoms with E-state index < -0.39 is 18.3 Å². The molecule has 1 aromatic heterocycles. The predicted molar refractivity (Wildman–Crippen MR) is 120 cm³/mol. The van der Waals surface area contributed by atoms with Gasteiger partial charge in [-0.2, -0.15) is 0 Å². The number of nitrogens with two attached hydrogens (primary N) is 1. The highest BCUT2D eigenvalue weighted by Crippen LogP contribution is 2.37. The van der Waals surface area contributed by atoms with Gasteiger partial charge >= 0.3 is 7.12 Å². The number of likely N-dealkylation sites (N-methyl/N-ethyl adjacent to an activating group) is 1. The van der Waals surface area contributed by atoms with Crippen LogP contribution in [0.5, 0.6) is 0 Å². The zero-order valence-corrected chi connectivity index (χ0v) is 18.1. The minimum Gasteiger partial charge on any atom is -0.399 e. The molecule has 7 heteroatoms. The summed E-state index contributed by atoms with van der Waals surface area (Å²) in [5, 5.41) is 0. The first-order valence-corrected chi connectivity index (χ1v) is 10.3. The predicted octanol–water partition coefficient (Wildman–Crippen LogP) is 2.38. The van der Waals surface area contributed by atoms with Gasteiger partial charge in [0.15, 0.2) is 0 Å². The number of aromatic nitrogens is 1. The van der Waals surface area contributed by atoms with Gasteiger partial charge in [-0.15, -0.1) is 0 Å². The molecule has 0 saturated carbocycles. The number of hydrogen-bond acceptors (Lipinski definition) is 6. The highest BCUT2D eigenvalue weighted by Gasteiger charge is 2.52. The Morgan fingerprint density at radius 2 is 1.52 bits per heavy atom. The first-order valence-electron chi connectivity index (χ1n) is 10.3. The normalized spacial score (nSPS) is 21.6. The molecule has 3 heterocycles. The van der Waals surface area contributed by atoms with Gasteiger partial charge in [0, 0.05) is 43.5 Å². The fourth-order valence-corrected chi connectivity index (χ4v) is 3.74. The van der Waals surface area contributed by atoms with E-state index in [1.54, 1.807) is 0 Å². The van der Waals surface area contributed by atoms with Crippen LogP contribution in [0, 0.1) is 0 Å². The van der Waals surface area contributed by atoms with Crippen LogP contribution in [0.1, 0.15) is 27.7 Å². The largest absolute Gasteiger partial charge is 0.498 e. The third-order valence-corrected chi connectivity index (χ3v) is 6.53. The molecule has 2 aromatic rings. The van der Waals surface area contributed by atoms with Crippen LogP contribution in [0.3, 0.4) is 0 Å². The first-order chi connectivity index (χ1) is 13.7. The molecular formula is C22H31BN4O2. The molecule has 0 radical (unpaired) electrons. The second-order valence-corrected chi connectivity index (χ2v) is 9.12. The van der Waals surface area contributed by atoms with E-state index in [0.717, 1.165) is 42.8 Å². The third-order valence-electron chi connectivity index (χ3n) is 6.53. The monoisotopic (exact) mass is 394 g/mol. The van der Waals surface area contributed by atoms with Gasteiger partial charge in [0.25, 0.3) is 0 Å². The van der Waals surface area contributed by atoms with Crippen molar-refractivity contribution in [1.82, 2.24) is 9.88 Å². The lowest BCUT2D eigenvalue weighted by molar-refractivity contribution is 0.00578. The summed E-state index contributed by atoms with van der Waals surface area (Å²) in [5.41, 5.74) is 9.51. The Kier molecular flexibility index (Phi) is 5.09. The maximum atomic E-state index is 6.18. The van der Waals surface area contributed by atoms with Gasteiger partial charge in [-0.1, -0.05) is 12.1 Å². The van der Waals surface area contributed by atoms with Crippen molar-refractivity contribution < 1.29 is 9.31 Å². The molecule has 0 aliphatic carbocycles. The average molecular weight is 394 g/mol. The van der Waals surface area contributed by atoms with E-state index in [2.05, 4.69) is 46.1 Å². The Bertz CT molecular complexity index is 861. The number of pyridine rings is 1. The Morgan fingerprint density at radius 3 is 2.10 bits per heavy atom. The van der Waals surface area contributed by atoms with Crippen molar-refractivity contribution >= 4 is 24.1 Å². The molecule has 6 nitrogen and oxygen atoms in total. The molecule has 2 aliphatic heterocycles. The van der Waals surface area contributed by atoms with Crippen molar-refractivity contribution in [1.29, 1.82) is 0 Å². The first kappa shape index (κ1) is 20.2. The van der Waals surface area contributed by atoms with Gasteiger partial charge in [-0.25, -0.2) is 4.98 Å². The topological polar surface area (TPSA) is 63.9 Å². The van der Waals surface area contributed by atoms with Gasteiger partial charge in [0.2, 0.25) is 0 Å². The molecule has 0 unspecified atom stereocenters. The molecule has 0 atom stereocenters. The van der Waals surface area contributed by atoms with Crippen LogP contribution in [0.25, 0.3) is 11.1 Å². The van der Waals surface area contributed by atoms with Crippen LogP contribution in [0.15, 0.2) is 36.5 Å². The highest BCUT2D eigenvalue weighted by atomic mass is 16.7. The minimum atomic E-state index is -0.517. The van der Waals surface area contributed by atoms with E-state index in [-0.39, 0.29) is 0 Å². The summed E-state index contributed by atoms with van der Waals surface area (Å²) in [4.78, 5) is 9.21. The number of hydrogen-bond donors (Lipinski definition) is 1. The van der Waals surface area contributed by atoms with Gasteiger partial charge in [-0.05, 0) is 64.1 Å². The van der Waals surface area contributed by atoms with Crippen LogP contribution in [-0.2, 0) is 9.31 Å². The van der Waals surface area contributed by atoms with Crippen molar-refractivity contribution in [3.05, 3.63) is 36.5 Å². The van der Waals surface area contributed by atoms with E-state index in [0.29, 0.717) is 5.82 Å². The van der Waals surface area contributed by atoms with E-state index in [9.17, 15) is 0 Å². The molecule has 29 heavy (non-hydrogen) atoms. The maximum Gasteiger partial charge on any atom is 0.498 e. The van der Waals surface area contributed by atoms with E-state index >= 15 is 0 Å². The van der Waals surface area contributed by atoms with Crippen molar-refractivity contribution in [2.24, 2.45) is 0 Å². The molecule has 154 valence electrons. The number of nitrogen functional groups attached to an aromatic ring is 1. The second kappa shape index (κ2) is 7.31. The Labute approximate surface area is 174 Å². The molecule has 0 bridgehead atoms. The summed E-state index contributed by atoms with van der Waals surface area (Å²) in [6.07, 6.45) is 1.81. The third kappa shape index (κ3) is 3.87. The SMILES string of the molecule is CN1CCN(c2ccc(-c3cnc(N)c(B4OC(C)(C)C(C)(C)O4)c3)cc2)CC1. The molecule has 2 fully saturated rings. The maximum absolute atomic E-state index is 6.18. The van der Waals surface area contributed by atoms with Crippen LogP contribution < -0.4 is 16.1 Å². The van der Waals surface area contributed by atoms with E-state index in [1.165, 1.54) is 5.69 Å². The smallest absolute Gasteiger partial charge is 0.399 e. The summed E-state index contributed by atoms with van der Waals surface area (Å²) in [7, 11) is 1.66. The molecule has 2 aliphatic rings. The van der Waals surface area contributed by atoms with E-state index in [4.69, 9.17) is 15.0 Å². The Morgan fingerprint density at radius 1 is 0.931 bits per heavy atom. The van der Waals surface area contributed by atoms with Crippen LogP contribution in [-0.4, -0.2) is 61.4 Å². The fraction of sp³-hybridized carbons (Fsp3) is 0.500. The molecule has 2 saturated heterocycles. The zero-order valence-electron chi connectivity index (χ0n) is 18.1. The minimum absolute atomic E-state index is 0.412. The lowest BCUT2D eigenvalue weighted by Crippen LogP contribution is -2.44. The summed E-state index contributed by atoms with van der Waals surface area (Å²) >= 11 is 0. The molecule has 4 rings (SSSR count). The summed E-state index contributed by atoms with van der Waals surface area (Å²) in [6.45, 7) is 12.5. The average Bonchev–Trinajstić information content (AvgIpc) is 2.90.